The van der Waals surface area contributed by atoms with Gasteiger partial charge < -0.3 is 4.52 Å². The van der Waals surface area contributed by atoms with Crippen molar-refractivity contribution in [2.24, 2.45) is 5.92 Å². The van der Waals surface area contributed by atoms with Gasteiger partial charge in [-0.25, -0.2) is 0 Å². The van der Waals surface area contributed by atoms with Crippen molar-refractivity contribution >= 4 is 6.08 Å². The molecule has 0 atom stereocenters. The Morgan fingerprint density at radius 3 is 2.64 bits per heavy atom. The number of rotatable bonds is 2. The summed E-state index contributed by atoms with van der Waals surface area (Å²) in [5.74, 6) is 1.54. The molecule has 3 aliphatic rings. The van der Waals surface area contributed by atoms with Crippen LogP contribution in [0.25, 0.3) is 17.3 Å². The summed E-state index contributed by atoms with van der Waals surface area (Å²) in [5.41, 5.74) is 3.92. The zero-order valence-electron chi connectivity index (χ0n) is 12.3. The summed E-state index contributed by atoms with van der Waals surface area (Å²) in [6, 6.07) is 11.5. The van der Waals surface area contributed by atoms with Gasteiger partial charge in [-0.05, 0) is 55.6 Å². The maximum atomic E-state index is 8.84. The van der Waals surface area contributed by atoms with E-state index in [0.717, 1.165) is 23.6 Å². The van der Waals surface area contributed by atoms with Crippen molar-refractivity contribution in [1.29, 1.82) is 5.26 Å². The lowest BCUT2D eigenvalue weighted by Gasteiger charge is -2.40. The maximum Gasteiger partial charge on any atom is 0.160 e. The highest BCUT2D eigenvalue weighted by Crippen LogP contribution is 2.33. The normalized spacial score (nSPS) is 25.3. The summed E-state index contributed by atoms with van der Waals surface area (Å²) in [6.07, 6.45) is 4.70. The number of hydrogen-bond donors (Lipinski definition) is 0. The van der Waals surface area contributed by atoms with Crippen molar-refractivity contribution in [3.63, 3.8) is 0 Å². The van der Waals surface area contributed by atoms with E-state index >= 15 is 0 Å². The van der Waals surface area contributed by atoms with Crippen molar-refractivity contribution in [1.82, 2.24) is 10.1 Å². The van der Waals surface area contributed by atoms with Gasteiger partial charge >= 0.3 is 0 Å². The van der Waals surface area contributed by atoms with E-state index in [4.69, 9.17) is 9.78 Å². The molecule has 4 heterocycles. The third-order valence-corrected chi connectivity index (χ3v) is 4.68. The Kier molecular flexibility index (Phi) is 3.28. The topological polar surface area (TPSA) is 53.1 Å². The van der Waals surface area contributed by atoms with E-state index in [1.165, 1.54) is 31.5 Å². The minimum Gasteiger partial charge on any atom is -0.356 e. The standard InChI is InChI=1S/C18H17N3O/c19-11-13-1-3-15(4-2-13)18-10-17(22-20-18)9-16-12-21-7-5-14(16)6-8-21/h1-4,9-10,14H,5-8,12H2. The van der Waals surface area contributed by atoms with Gasteiger partial charge in [0.1, 0.15) is 5.69 Å². The molecule has 3 aliphatic heterocycles. The van der Waals surface area contributed by atoms with Gasteiger partial charge in [-0.1, -0.05) is 17.3 Å². The summed E-state index contributed by atoms with van der Waals surface area (Å²) < 4.78 is 5.48. The van der Waals surface area contributed by atoms with Gasteiger partial charge in [0.25, 0.3) is 0 Å². The van der Waals surface area contributed by atoms with Crippen molar-refractivity contribution in [3.05, 3.63) is 47.2 Å². The molecule has 3 fully saturated rings. The van der Waals surface area contributed by atoms with Crippen LogP contribution in [0.1, 0.15) is 24.2 Å². The first kappa shape index (κ1) is 13.3. The quantitative estimate of drug-likeness (QED) is 0.851. The van der Waals surface area contributed by atoms with Crippen LogP contribution in [-0.2, 0) is 0 Å². The molecule has 4 heteroatoms. The van der Waals surface area contributed by atoms with E-state index in [1.807, 2.05) is 18.2 Å². The van der Waals surface area contributed by atoms with E-state index in [9.17, 15) is 0 Å². The zero-order chi connectivity index (χ0) is 14.9. The highest BCUT2D eigenvalue weighted by Gasteiger charge is 2.29. The van der Waals surface area contributed by atoms with Crippen molar-refractivity contribution < 1.29 is 4.52 Å². The lowest BCUT2D eigenvalue weighted by atomic mass is 9.83. The number of nitrogens with zero attached hydrogens (tertiary/aromatic N) is 3. The Bertz CT molecular complexity index is 743. The number of piperidine rings is 3. The van der Waals surface area contributed by atoms with Crippen molar-refractivity contribution in [3.8, 4) is 17.3 Å². The Hall–Kier alpha value is -2.38. The Labute approximate surface area is 129 Å². The van der Waals surface area contributed by atoms with E-state index in [-0.39, 0.29) is 0 Å². The molecule has 0 spiro atoms. The lowest BCUT2D eigenvalue weighted by Crippen LogP contribution is -2.42. The van der Waals surface area contributed by atoms with Gasteiger partial charge in [-0.15, -0.1) is 0 Å². The minimum atomic E-state index is 0.655. The van der Waals surface area contributed by atoms with Gasteiger partial charge in [0.15, 0.2) is 5.76 Å². The molecular weight excluding hydrogens is 274 g/mol. The zero-order valence-corrected chi connectivity index (χ0v) is 12.3. The molecule has 0 amide bonds. The number of aromatic nitrogens is 1. The van der Waals surface area contributed by atoms with Crippen LogP contribution < -0.4 is 0 Å². The summed E-state index contributed by atoms with van der Waals surface area (Å²) in [6.45, 7) is 3.53. The lowest BCUT2D eigenvalue weighted by molar-refractivity contribution is 0.163. The summed E-state index contributed by atoms with van der Waals surface area (Å²) in [4.78, 5) is 2.50. The molecule has 3 saturated heterocycles. The summed E-state index contributed by atoms with van der Waals surface area (Å²) in [5, 5.41) is 13.0. The molecule has 22 heavy (non-hydrogen) atoms. The first-order chi connectivity index (χ1) is 10.8. The molecule has 0 N–H and O–H groups in total. The molecule has 110 valence electrons. The van der Waals surface area contributed by atoms with Gasteiger partial charge in [0.2, 0.25) is 0 Å². The SMILES string of the molecule is N#Cc1ccc(-c2cc(C=C3CN4CCC3CC4)on2)cc1. The van der Waals surface area contributed by atoms with Gasteiger partial charge in [-0.3, -0.25) is 4.90 Å². The third-order valence-electron chi connectivity index (χ3n) is 4.68. The third kappa shape index (κ3) is 2.44. The van der Waals surface area contributed by atoms with Crippen LogP contribution in [-0.4, -0.2) is 29.7 Å². The minimum absolute atomic E-state index is 0.655. The van der Waals surface area contributed by atoms with E-state index in [0.29, 0.717) is 11.5 Å². The smallest absolute Gasteiger partial charge is 0.160 e. The number of fused-ring (bicyclic) bond motifs is 3. The largest absolute Gasteiger partial charge is 0.356 e. The number of hydrogen-bond acceptors (Lipinski definition) is 4. The van der Waals surface area contributed by atoms with Crippen LogP contribution in [0.15, 0.2) is 40.4 Å². The molecule has 2 bridgehead atoms. The maximum absolute atomic E-state index is 8.84. The van der Waals surface area contributed by atoms with Crippen LogP contribution >= 0.6 is 0 Å². The van der Waals surface area contributed by atoms with Crippen LogP contribution in [0.2, 0.25) is 0 Å². The average molecular weight is 291 g/mol. The average Bonchev–Trinajstić information content (AvgIpc) is 3.04. The summed E-state index contributed by atoms with van der Waals surface area (Å²) >= 11 is 0. The van der Waals surface area contributed by atoms with Crippen molar-refractivity contribution in [2.45, 2.75) is 12.8 Å². The molecule has 4 nitrogen and oxygen atoms in total. The fraction of sp³-hybridized carbons (Fsp3) is 0.333. The summed E-state index contributed by atoms with van der Waals surface area (Å²) in [7, 11) is 0. The molecule has 1 aromatic carbocycles. The molecule has 5 rings (SSSR count). The van der Waals surface area contributed by atoms with E-state index in [2.05, 4.69) is 22.2 Å². The second kappa shape index (κ2) is 5.43. The first-order valence-corrected chi connectivity index (χ1v) is 7.72. The fourth-order valence-corrected chi connectivity index (χ4v) is 3.40. The molecule has 2 aromatic rings. The van der Waals surface area contributed by atoms with Crippen LogP contribution in [0.3, 0.4) is 0 Å². The second-order valence-electron chi connectivity index (χ2n) is 6.07. The van der Waals surface area contributed by atoms with Gasteiger partial charge in [-0.2, -0.15) is 5.26 Å². The molecule has 0 saturated carbocycles. The highest BCUT2D eigenvalue weighted by atomic mass is 16.5. The number of nitriles is 1. The molecule has 1 aromatic heterocycles. The van der Waals surface area contributed by atoms with Crippen LogP contribution in [0.4, 0.5) is 0 Å². The Balaban J connectivity index is 1.57. The number of benzene rings is 1. The van der Waals surface area contributed by atoms with Crippen molar-refractivity contribution in [2.75, 3.05) is 19.6 Å². The molecule has 0 unspecified atom stereocenters. The first-order valence-electron chi connectivity index (χ1n) is 7.72. The van der Waals surface area contributed by atoms with Crippen LogP contribution in [0.5, 0.6) is 0 Å². The van der Waals surface area contributed by atoms with Crippen LogP contribution in [0, 0.1) is 17.2 Å². The molecule has 0 aliphatic carbocycles. The predicted octanol–water partition coefficient (Wildman–Crippen LogP) is 3.32. The fourth-order valence-electron chi connectivity index (χ4n) is 3.40. The highest BCUT2D eigenvalue weighted by molar-refractivity contribution is 5.63. The van der Waals surface area contributed by atoms with E-state index in [1.54, 1.807) is 12.1 Å². The Morgan fingerprint density at radius 1 is 1.23 bits per heavy atom. The Morgan fingerprint density at radius 2 is 2.00 bits per heavy atom. The molecular formula is C18H17N3O. The molecule has 0 radical (unpaired) electrons. The van der Waals surface area contributed by atoms with Gasteiger partial charge in [0.05, 0.1) is 11.6 Å². The monoisotopic (exact) mass is 291 g/mol. The van der Waals surface area contributed by atoms with E-state index < -0.39 is 0 Å². The second-order valence-corrected chi connectivity index (χ2v) is 6.07. The van der Waals surface area contributed by atoms with Gasteiger partial charge in [0, 0.05) is 18.2 Å². The predicted molar refractivity (Wildman–Crippen MR) is 83.8 cm³/mol.